The van der Waals surface area contributed by atoms with E-state index in [1.165, 1.54) is 6.07 Å². The summed E-state index contributed by atoms with van der Waals surface area (Å²) in [6, 6.07) is 14.5. The first-order valence-corrected chi connectivity index (χ1v) is 5.53. The van der Waals surface area contributed by atoms with Crippen molar-refractivity contribution in [2.45, 2.75) is 0 Å². The molecule has 2 aromatic rings. The van der Waals surface area contributed by atoms with E-state index in [0.29, 0.717) is 5.56 Å². The lowest BCUT2D eigenvalue weighted by Gasteiger charge is -2.04. The smallest absolute Gasteiger partial charge is 0.253 e. The van der Waals surface area contributed by atoms with E-state index in [1.807, 2.05) is 36.4 Å². The van der Waals surface area contributed by atoms with Crippen LogP contribution < -0.4 is 5.73 Å². The highest BCUT2D eigenvalue weighted by Gasteiger charge is 2.10. The molecule has 0 aliphatic carbocycles. The molecule has 0 bridgehead atoms. The van der Waals surface area contributed by atoms with Crippen molar-refractivity contribution >= 4 is 18.1 Å². The highest BCUT2D eigenvalue weighted by molar-refractivity contribution is 6.00. The number of amides is 1. The normalized spacial score (nSPS) is 10.7. The Morgan fingerprint density at radius 2 is 1.72 bits per heavy atom. The van der Waals surface area contributed by atoms with Crippen LogP contribution >= 0.6 is 0 Å². The van der Waals surface area contributed by atoms with Gasteiger partial charge in [-0.25, -0.2) is 0 Å². The SMILES string of the molecule is NC(=O)c1c(O)cccc1C=Cc1ccccc1. The number of hydrogen-bond acceptors (Lipinski definition) is 2. The molecule has 0 fully saturated rings. The fourth-order valence-corrected chi connectivity index (χ4v) is 1.72. The number of phenols is 1. The molecule has 0 saturated heterocycles. The molecule has 0 aliphatic rings. The molecule has 3 nitrogen and oxygen atoms in total. The summed E-state index contributed by atoms with van der Waals surface area (Å²) in [4.78, 5) is 11.3. The lowest BCUT2D eigenvalue weighted by molar-refractivity contribution is 0.0997. The molecular formula is C15H13NO2. The first kappa shape index (κ1) is 11.9. The Morgan fingerprint density at radius 1 is 1.00 bits per heavy atom. The molecule has 0 spiro atoms. The molecule has 0 atom stereocenters. The summed E-state index contributed by atoms with van der Waals surface area (Å²) in [7, 11) is 0. The average Bonchev–Trinajstić information content (AvgIpc) is 2.37. The summed E-state index contributed by atoms with van der Waals surface area (Å²) >= 11 is 0. The van der Waals surface area contributed by atoms with Crippen molar-refractivity contribution in [1.29, 1.82) is 0 Å². The summed E-state index contributed by atoms with van der Waals surface area (Å²) in [5.41, 5.74) is 7.01. The average molecular weight is 239 g/mol. The monoisotopic (exact) mass is 239 g/mol. The van der Waals surface area contributed by atoms with Gasteiger partial charge in [-0.05, 0) is 17.2 Å². The first-order chi connectivity index (χ1) is 8.68. The highest BCUT2D eigenvalue weighted by Crippen LogP contribution is 2.22. The van der Waals surface area contributed by atoms with E-state index in [2.05, 4.69) is 0 Å². The van der Waals surface area contributed by atoms with Gasteiger partial charge in [-0.2, -0.15) is 0 Å². The van der Waals surface area contributed by atoms with Gasteiger partial charge in [-0.1, -0.05) is 54.6 Å². The zero-order valence-electron chi connectivity index (χ0n) is 9.71. The highest BCUT2D eigenvalue weighted by atomic mass is 16.3. The van der Waals surface area contributed by atoms with Crippen LogP contribution in [0, 0.1) is 0 Å². The summed E-state index contributed by atoms with van der Waals surface area (Å²) in [5.74, 6) is -0.737. The first-order valence-electron chi connectivity index (χ1n) is 5.53. The second kappa shape index (κ2) is 5.19. The van der Waals surface area contributed by atoms with Gasteiger partial charge in [0.2, 0.25) is 0 Å². The topological polar surface area (TPSA) is 63.3 Å². The van der Waals surface area contributed by atoms with Crippen LogP contribution in [0.15, 0.2) is 48.5 Å². The fraction of sp³-hybridized carbons (Fsp3) is 0. The second-order valence-corrected chi connectivity index (χ2v) is 3.85. The van der Waals surface area contributed by atoms with Crippen LogP contribution in [0.2, 0.25) is 0 Å². The molecule has 90 valence electrons. The van der Waals surface area contributed by atoms with Gasteiger partial charge in [0.15, 0.2) is 0 Å². The quantitative estimate of drug-likeness (QED) is 0.809. The zero-order chi connectivity index (χ0) is 13.0. The van der Waals surface area contributed by atoms with Crippen molar-refractivity contribution in [3.63, 3.8) is 0 Å². The van der Waals surface area contributed by atoms with Gasteiger partial charge < -0.3 is 10.8 Å². The minimum absolute atomic E-state index is 0.0993. The number of primary amides is 1. The van der Waals surface area contributed by atoms with E-state index >= 15 is 0 Å². The summed E-state index contributed by atoms with van der Waals surface area (Å²) in [5, 5.41) is 9.62. The Morgan fingerprint density at radius 3 is 2.39 bits per heavy atom. The number of carbonyl (C=O) groups is 1. The minimum atomic E-state index is -0.638. The van der Waals surface area contributed by atoms with Crippen LogP contribution in [0.1, 0.15) is 21.5 Å². The van der Waals surface area contributed by atoms with E-state index in [9.17, 15) is 9.90 Å². The van der Waals surface area contributed by atoms with Crippen LogP contribution in [-0.4, -0.2) is 11.0 Å². The Labute approximate surface area is 105 Å². The van der Waals surface area contributed by atoms with Crippen LogP contribution in [0.5, 0.6) is 5.75 Å². The Hall–Kier alpha value is -2.55. The zero-order valence-corrected chi connectivity index (χ0v) is 9.71. The number of rotatable bonds is 3. The van der Waals surface area contributed by atoms with Crippen LogP contribution in [0.3, 0.4) is 0 Å². The van der Waals surface area contributed by atoms with Gasteiger partial charge in [0.25, 0.3) is 5.91 Å². The molecule has 18 heavy (non-hydrogen) atoms. The molecule has 3 N–H and O–H groups in total. The van der Waals surface area contributed by atoms with Crippen molar-refractivity contribution in [3.8, 4) is 5.75 Å². The molecule has 1 amide bonds. The number of hydrogen-bond donors (Lipinski definition) is 2. The predicted octanol–water partition coefficient (Wildman–Crippen LogP) is 2.66. The van der Waals surface area contributed by atoms with E-state index in [-0.39, 0.29) is 11.3 Å². The van der Waals surface area contributed by atoms with E-state index in [0.717, 1.165) is 5.56 Å². The number of benzene rings is 2. The molecule has 0 aliphatic heterocycles. The van der Waals surface area contributed by atoms with Crippen molar-refractivity contribution in [3.05, 3.63) is 65.2 Å². The standard InChI is InChI=1S/C15H13NO2/c16-15(18)14-12(7-4-8-13(14)17)10-9-11-5-2-1-3-6-11/h1-10,17H,(H2,16,18). The molecule has 0 unspecified atom stereocenters. The Kier molecular flexibility index (Phi) is 3.44. The third-order valence-corrected chi connectivity index (χ3v) is 2.58. The van der Waals surface area contributed by atoms with Gasteiger partial charge in [0.05, 0.1) is 5.56 Å². The van der Waals surface area contributed by atoms with Gasteiger partial charge in [0.1, 0.15) is 5.75 Å². The van der Waals surface area contributed by atoms with Crippen LogP contribution in [0.4, 0.5) is 0 Å². The lowest BCUT2D eigenvalue weighted by Crippen LogP contribution is -2.12. The maximum absolute atomic E-state index is 11.3. The van der Waals surface area contributed by atoms with E-state index < -0.39 is 5.91 Å². The number of nitrogens with two attached hydrogens (primary N) is 1. The molecule has 2 rings (SSSR count). The Balaban J connectivity index is 2.38. The van der Waals surface area contributed by atoms with Crippen molar-refractivity contribution in [1.82, 2.24) is 0 Å². The largest absolute Gasteiger partial charge is 0.507 e. The maximum atomic E-state index is 11.3. The summed E-state index contributed by atoms with van der Waals surface area (Å²) < 4.78 is 0. The van der Waals surface area contributed by atoms with Gasteiger partial charge in [0, 0.05) is 0 Å². The maximum Gasteiger partial charge on any atom is 0.253 e. The van der Waals surface area contributed by atoms with Crippen LogP contribution in [0.25, 0.3) is 12.2 Å². The molecule has 0 radical (unpaired) electrons. The molecular weight excluding hydrogens is 226 g/mol. The molecule has 0 heterocycles. The fourth-order valence-electron chi connectivity index (χ4n) is 1.72. The molecule has 2 aromatic carbocycles. The predicted molar refractivity (Wildman–Crippen MR) is 72.0 cm³/mol. The minimum Gasteiger partial charge on any atom is -0.507 e. The molecule has 0 saturated carbocycles. The van der Waals surface area contributed by atoms with E-state index in [4.69, 9.17) is 5.73 Å². The third kappa shape index (κ3) is 2.58. The van der Waals surface area contributed by atoms with Gasteiger partial charge in [-0.15, -0.1) is 0 Å². The van der Waals surface area contributed by atoms with Gasteiger partial charge >= 0.3 is 0 Å². The second-order valence-electron chi connectivity index (χ2n) is 3.85. The van der Waals surface area contributed by atoms with E-state index in [1.54, 1.807) is 18.2 Å². The van der Waals surface area contributed by atoms with Crippen LogP contribution in [-0.2, 0) is 0 Å². The summed E-state index contributed by atoms with van der Waals surface area (Å²) in [6.45, 7) is 0. The van der Waals surface area contributed by atoms with Crippen molar-refractivity contribution < 1.29 is 9.90 Å². The van der Waals surface area contributed by atoms with Crippen molar-refractivity contribution in [2.24, 2.45) is 5.73 Å². The third-order valence-electron chi connectivity index (χ3n) is 2.58. The van der Waals surface area contributed by atoms with Crippen molar-refractivity contribution in [2.75, 3.05) is 0 Å². The molecule has 0 aromatic heterocycles. The molecule has 3 heteroatoms. The Bertz CT molecular complexity index is 589. The lowest BCUT2D eigenvalue weighted by atomic mass is 10.0. The number of carbonyl (C=O) groups excluding carboxylic acids is 1. The van der Waals surface area contributed by atoms with Gasteiger partial charge in [-0.3, -0.25) is 4.79 Å². The summed E-state index contributed by atoms with van der Waals surface area (Å²) in [6.07, 6.45) is 3.62. The number of aromatic hydroxyl groups is 1.